The number of fused-ring (bicyclic) bond motifs is 2. The van der Waals surface area contributed by atoms with Gasteiger partial charge in [0.25, 0.3) is 5.91 Å². The maximum absolute atomic E-state index is 12.8. The minimum absolute atomic E-state index is 0.00603. The summed E-state index contributed by atoms with van der Waals surface area (Å²) >= 11 is 0. The van der Waals surface area contributed by atoms with E-state index in [1.54, 1.807) is 0 Å². The molecule has 158 valence electrons. The van der Waals surface area contributed by atoms with Crippen molar-refractivity contribution < 1.29 is 23.1 Å². The van der Waals surface area contributed by atoms with Crippen molar-refractivity contribution in [2.45, 2.75) is 25.2 Å². The van der Waals surface area contributed by atoms with Crippen molar-refractivity contribution in [2.75, 3.05) is 19.6 Å². The molecule has 1 aromatic carbocycles. The number of aliphatic hydroxyl groups is 1. The Labute approximate surface area is 170 Å². The van der Waals surface area contributed by atoms with Crippen LogP contribution in [0.4, 0.5) is 13.2 Å². The molecule has 3 aromatic rings. The summed E-state index contributed by atoms with van der Waals surface area (Å²) in [4.78, 5) is 17.9. The average molecular weight is 419 g/mol. The molecule has 3 heterocycles. The fourth-order valence-electron chi connectivity index (χ4n) is 3.52. The third-order valence-corrected chi connectivity index (χ3v) is 5.02. The molecule has 1 unspecified atom stereocenters. The second-order valence-corrected chi connectivity index (χ2v) is 7.26. The van der Waals surface area contributed by atoms with E-state index in [9.17, 15) is 23.1 Å². The zero-order chi connectivity index (χ0) is 21.3. The molecular weight excluding hydrogens is 399 g/mol. The molecule has 10 heteroatoms. The number of hydrogen-bond acceptors (Lipinski definition) is 5. The van der Waals surface area contributed by atoms with Crippen LogP contribution < -0.4 is 5.32 Å². The number of aliphatic hydroxyl groups excluding tert-OH is 1. The van der Waals surface area contributed by atoms with Gasteiger partial charge < -0.3 is 10.4 Å². The summed E-state index contributed by atoms with van der Waals surface area (Å²) in [7, 11) is 0. The average Bonchev–Trinajstić information content (AvgIpc) is 3.15. The first-order valence-electron chi connectivity index (χ1n) is 9.48. The van der Waals surface area contributed by atoms with E-state index >= 15 is 0 Å². The maximum Gasteiger partial charge on any atom is 0.433 e. The summed E-state index contributed by atoms with van der Waals surface area (Å²) in [6.07, 6.45) is -3.35. The molecule has 0 saturated carbocycles. The fraction of sp³-hybridized carbons (Fsp3) is 0.350. The van der Waals surface area contributed by atoms with Gasteiger partial charge >= 0.3 is 6.18 Å². The number of halogens is 3. The zero-order valence-corrected chi connectivity index (χ0v) is 15.9. The lowest BCUT2D eigenvalue weighted by atomic mass is 10.00. The highest BCUT2D eigenvalue weighted by Gasteiger charge is 2.33. The van der Waals surface area contributed by atoms with Crippen LogP contribution in [0.3, 0.4) is 0 Å². The number of nitrogens with one attached hydrogen (secondary N) is 1. The standard InChI is InChI=1S/C20H20F3N5O2/c21-20(22,23)17-6-8-28-18(25-17)9-16(26-28)19(30)24-10-15(29)12-27-7-5-13-3-1-2-4-14(13)11-27/h1-4,6,8-9,15,29H,5,7,10-12H2,(H,24,30). The molecular formula is C20H20F3N5O2. The van der Waals surface area contributed by atoms with Crippen LogP contribution in [0.5, 0.6) is 0 Å². The quantitative estimate of drug-likeness (QED) is 0.660. The molecule has 1 atom stereocenters. The van der Waals surface area contributed by atoms with Gasteiger partial charge in [-0.3, -0.25) is 9.69 Å². The van der Waals surface area contributed by atoms with Crippen molar-refractivity contribution in [3.8, 4) is 0 Å². The number of carbonyl (C=O) groups is 1. The highest BCUT2D eigenvalue weighted by atomic mass is 19.4. The van der Waals surface area contributed by atoms with Gasteiger partial charge in [0, 0.05) is 38.4 Å². The summed E-state index contributed by atoms with van der Waals surface area (Å²) in [5.41, 5.74) is 1.34. The van der Waals surface area contributed by atoms with Crippen LogP contribution in [-0.4, -0.2) is 56.2 Å². The number of hydrogen-bond donors (Lipinski definition) is 2. The first-order valence-corrected chi connectivity index (χ1v) is 9.48. The van der Waals surface area contributed by atoms with Crippen molar-refractivity contribution in [1.29, 1.82) is 0 Å². The van der Waals surface area contributed by atoms with Gasteiger partial charge in [-0.25, -0.2) is 9.50 Å². The molecule has 0 fully saturated rings. The van der Waals surface area contributed by atoms with Crippen LogP contribution in [-0.2, 0) is 19.1 Å². The number of aromatic nitrogens is 3. The molecule has 30 heavy (non-hydrogen) atoms. The summed E-state index contributed by atoms with van der Waals surface area (Å²) in [6.45, 7) is 1.96. The van der Waals surface area contributed by atoms with Gasteiger partial charge in [-0.1, -0.05) is 24.3 Å². The van der Waals surface area contributed by atoms with Crippen LogP contribution in [0, 0.1) is 0 Å². The van der Waals surface area contributed by atoms with Gasteiger partial charge in [0.2, 0.25) is 0 Å². The molecule has 0 saturated heterocycles. The van der Waals surface area contributed by atoms with Crippen molar-refractivity contribution in [3.05, 3.63) is 65.1 Å². The molecule has 2 aromatic heterocycles. The number of carbonyl (C=O) groups excluding carboxylic acids is 1. The Hall–Kier alpha value is -2.98. The smallest absolute Gasteiger partial charge is 0.390 e. The monoisotopic (exact) mass is 419 g/mol. The molecule has 1 amide bonds. The lowest BCUT2D eigenvalue weighted by Gasteiger charge is -2.30. The fourth-order valence-corrected chi connectivity index (χ4v) is 3.52. The molecule has 7 nitrogen and oxygen atoms in total. The van der Waals surface area contributed by atoms with E-state index in [1.807, 2.05) is 12.1 Å². The maximum atomic E-state index is 12.8. The normalized spacial score (nSPS) is 15.7. The van der Waals surface area contributed by atoms with E-state index in [0.29, 0.717) is 6.54 Å². The van der Waals surface area contributed by atoms with Gasteiger partial charge in [-0.05, 0) is 23.6 Å². The number of nitrogens with zero attached hydrogens (tertiary/aromatic N) is 4. The topological polar surface area (TPSA) is 82.8 Å². The number of benzene rings is 1. The molecule has 0 bridgehead atoms. The zero-order valence-electron chi connectivity index (χ0n) is 15.9. The van der Waals surface area contributed by atoms with E-state index in [2.05, 4.69) is 32.4 Å². The lowest BCUT2D eigenvalue weighted by Crippen LogP contribution is -2.42. The van der Waals surface area contributed by atoms with E-state index in [-0.39, 0.29) is 17.9 Å². The second-order valence-electron chi connectivity index (χ2n) is 7.26. The van der Waals surface area contributed by atoms with Crippen molar-refractivity contribution in [3.63, 3.8) is 0 Å². The van der Waals surface area contributed by atoms with Gasteiger partial charge in [0.05, 0.1) is 6.10 Å². The number of amides is 1. The molecule has 1 aliphatic rings. The highest BCUT2D eigenvalue weighted by molar-refractivity contribution is 5.93. The predicted octanol–water partition coefficient (Wildman–Crippen LogP) is 1.90. The van der Waals surface area contributed by atoms with Gasteiger partial charge in [0.1, 0.15) is 5.69 Å². The minimum Gasteiger partial charge on any atom is -0.390 e. The van der Waals surface area contributed by atoms with E-state index < -0.39 is 23.9 Å². The number of rotatable bonds is 5. The Morgan fingerprint density at radius 2 is 2.00 bits per heavy atom. The Morgan fingerprint density at radius 1 is 1.23 bits per heavy atom. The second kappa shape index (κ2) is 8.04. The van der Waals surface area contributed by atoms with E-state index in [4.69, 9.17) is 0 Å². The van der Waals surface area contributed by atoms with Crippen LogP contribution in [0.2, 0.25) is 0 Å². The molecule has 0 spiro atoms. The number of β-amino-alcohol motifs (C(OH)–C–C–N with tert-alkyl or cyclic N) is 1. The Kier molecular flexibility index (Phi) is 5.44. The van der Waals surface area contributed by atoms with Gasteiger partial charge in [-0.2, -0.15) is 18.3 Å². The van der Waals surface area contributed by atoms with Crippen molar-refractivity contribution in [1.82, 2.24) is 24.8 Å². The molecule has 0 radical (unpaired) electrons. The highest BCUT2D eigenvalue weighted by Crippen LogP contribution is 2.27. The lowest BCUT2D eigenvalue weighted by molar-refractivity contribution is -0.141. The molecule has 1 aliphatic heterocycles. The van der Waals surface area contributed by atoms with E-state index in [0.717, 1.165) is 36.3 Å². The first-order chi connectivity index (χ1) is 14.3. The van der Waals surface area contributed by atoms with Gasteiger partial charge in [0.15, 0.2) is 11.3 Å². The first kappa shape index (κ1) is 20.3. The third kappa shape index (κ3) is 4.44. The minimum atomic E-state index is -4.58. The van der Waals surface area contributed by atoms with Crippen LogP contribution in [0.25, 0.3) is 5.65 Å². The van der Waals surface area contributed by atoms with E-state index in [1.165, 1.54) is 17.2 Å². The Balaban J connectivity index is 1.33. The summed E-state index contributed by atoms with van der Waals surface area (Å²) in [6, 6.07) is 10.1. The molecule has 0 aliphatic carbocycles. The van der Waals surface area contributed by atoms with Gasteiger partial charge in [-0.15, -0.1) is 0 Å². The Bertz CT molecular complexity index is 1070. The van der Waals surface area contributed by atoms with Crippen molar-refractivity contribution >= 4 is 11.6 Å². The molecule has 4 rings (SSSR count). The summed E-state index contributed by atoms with van der Waals surface area (Å²) < 4.78 is 39.4. The predicted molar refractivity (Wildman–Crippen MR) is 102 cm³/mol. The number of alkyl halides is 3. The summed E-state index contributed by atoms with van der Waals surface area (Å²) in [5.74, 6) is -0.586. The van der Waals surface area contributed by atoms with Crippen LogP contribution >= 0.6 is 0 Å². The largest absolute Gasteiger partial charge is 0.433 e. The van der Waals surface area contributed by atoms with Crippen LogP contribution in [0.15, 0.2) is 42.6 Å². The molecule has 2 N–H and O–H groups in total. The van der Waals surface area contributed by atoms with Crippen LogP contribution in [0.1, 0.15) is 27.3 Å². The SMILES string of the molecule is O=C(NCC(O)CN1CCc2ccccc2C1)c1cc2nc(C(F)(F)F)ccn2n1. The third-order valence-electron chi connectivity index (χ3n) is 5.02. The Morgan fingerprint density at radius 3 is 2.77 bits per heavy atom. The van der Waals surface area contributed by atoms with Crippen molar-refractivity contribution in [2.24, 2.45) is 0 Å². The summed E-state index contributed by atoms with van der Waals surface area (Å²) in [5, 5.41) is 16.8.